The van der Waals surface area contributed by atoms with Crippen molar-refractivity contribution in [2.45, 2.75) is 0 Å². The SMILES string of the molecule is O=C(Nc1ccc(F)cn1)c1cccnc1. The standard InChI is InChI=1S/C11H8FN3O/c12-9-3-4-10(14-7-9)15-11(16)8-2-1-5-13-6-8/h1-7H,(H,14,15,16). The van der Waals surface area contributed by atoms with Gasteiger partial charge in [0.25, 0.3) is 5.91 Å². The van der Waals surface area contributed by atoms with Gasteiger partial charge in [0.2, 0.25) is 0 Å². The number of amides is 1. The molecule has 0 aliphatic rings. The summed E-state index contributed by atoms with van der Waals surface area (Å²) in [6.45, 7) is 0. The molecule has 2 rings (SSSR count). The average molecular weight is 217 g/mol. The minimum atomic E-state index is -0.445. The lowest BCUT2D eigenvalue weighted by Crippen LogP contribution is -2.12. The maximum Gasteiger partial charge on any atom is 0.258 e. The number of nitrogens with zero attached hydrogens (tertiary/aromatic N) is 2. The largest absolute Gasteiger partial charge is 0.307 e. The molecule has 0 aliphatic heterocycles. The molecular formula is C11H8FN3O. The fraction of sp³-hybridized carbons (Fsp3) is 0. The van der Waals surface area contributed by atoms with Crippen molar-refractivity contribution in [2.24, 2.45) is 0 Å². The molecule has 0 bridgehead atoms. The molecule has 1 amide bonds. The average Bonchev–Trinajstić information content (AvgIpc) is 2.33. The van der Waals surface area contributed by atoms with Crippen LogP contribution in [0.3, 0.4) is 0 Å². The number of hydrogen-bond donors (Lipinski definition) is 1. The van der Waals surface area contributed by atoms with Crippen molar-refractivity contribution in [3.63, 3.8) is 0 Å². The zero-order chi connectivity index (χ0) is 11.4. The molecule has 2 heterocycles. The first kappa shape index (κ1) is 10.2. The Morgan fingerprint density at radius 1 is 1.25 bits per heavy atom. The van der Waals surface area contributed by atoms with Gasteiger partial charge in [-0.2, -0.15) is 0 Å². The van der Waals surface area contributed by atoms with Gasteiger partial charge in [-0.1, -0.05) is 0 Å². The number of halogens is 1. The van der Waals surface area contributed by atoms with Gasteiger partial charge < -0.3 is 5.32 Å². The Balaban J connectivity index is 2.11. The van der Waals surface area contributed by atoms with Crippen LogP contribution < -0.4 is 5.32 Å². The van der Waals surface area contributed by atoms with E-state index < -0.39 is 5.82 Å². The molecule has 0 radical (unpaired) electrons. The number of anilines is 1. The van der Waals surface area contributed by atoms with E-state index >= 15 is 0 Å². The molecule has 0 aliphatic carbocycles. The maximum atomic E-state index is 12.6. The number of carbonyl (C=O) groups excluding carboxylic acids is 1. The van der Waals surface area contributed by atoms with E-state index in [0.29, 0.717) is 11.4 Å². The van der Waals surface area contributed by atoms with E-state index in [9.17, 15) is 9.18 Å². The number of pyridine rings is 2. The van der Waals surface area contributed by atoms with Crippen LogP contribution in [0.4, 0.5) is 10.2 Å². The molecule has 2 aromatic heterocycles. The van der Waals surface area contributed by atoms with Crippen molar-refractivity contribution in [2.75, 3.05) is 5.32 Å². The highest BCUT2D eigenvalue weighted by atomic mass is 19.1. The van der Waals surface area contributed by atoms with E-state index in [1.165, 1.54) is 18.3 Å². The summed E-state index contributed by atoms with van der Waals surface area (Å²) in [7, 11) is 0. The highest BCUT2D eigenvalue weighted by molar-refractivity contribution is 6.03. The number of rotatable bonds is 2. The Hall–Kier alpha value is -2.30. The van der Waals surface area contributed by atoms with Crippen LogP contribution in [0.5, 0.6) is 0 Å². The van der Waals surface area contributed by atoms with Gasteiger partial charge in [0, 0.05) is 12.4 Å². The number of carbonyl (C=O) groups is 1. The van der Waals surface area contributed by atoms with Gasteiger partial charge in [0.05, 0.1) is 11.8 Å². The predicted octanol–water partition coefficient (Wildman–Crippen LogP) is 1.87. The molecule has 80 valence electrons. The molecule has 0 saturated heterocycles. The lowest BCUT2D eigenvalue weighted by molar-refractivity contribution is 0.102. The van der Waals surface area contributed by atoms with Crippen LogP contribution in [0.2, 0.25) is 0 Å². The van der Waals surface area contributed by atoms with Crippen LogP contribution in [0.1, 0.15) is 10.4 Å². The summed E-state index contributed by atoms with van der Waals surface area (Å²) < 4.78 is 12.6. The number of nitrogens with one attached hydrogen (secondary N) is 1. The molecule has 0 unspecified atom stereocenters. The molecule has 1 N–H and O–H groups in total. The molecule has 4 nitrogen and oxygen atoms in total. The lowest BCUT2D eigenvalue weighted by Gasteiger charge is -2.03. The summed E-state index contributed by atoms with van der Waals surface area (Å²) in [4.78, 5) is 19.2. The third-order valence-electron chi connectivity index (χ3n) is 1.89. The molecule has 0 fully saturated rings. The van der Waals surface area contributed by atoms with E-state index in [-0.39, 0.29) is 5.91 Å². The van der Waals surface area contributed by atoms with Gasteiger partial charge in [0.1, 0.15) is 11.6 Å². The predicted molar refractivity (Wildman–Crippen MR) is 56.4 cm³/mol. The first-order valence-corrected chi connectivity index (χ1v) is 4.58. The van der Waals surface area contributed by atoms with Crippen LogP contribution in [-0.4, -0.2) is 15.9 Å². The first-order valence-electron chi connectivity index (χ1n) is 4.58. The van der Waals surface area contributed by atoms with Gasteiger partial charge in [0.15, 0.2) is 0 Å². The summed E-state index contributed by atoms with van der Waals surface area (Å²) in [6, 6.07) is 5.91. The van der Waals surface area contributed by atoms with Gasteiger partial charge in [-0.3, -0.25) is 9.78 Å². The van der Waals surface area contributed by atoms with Crippen LogP contribution in [0.15, 0.2) is 42.9 Å². The minimum Gasteiger partial charge on any atom is -0.307 e. The molecular weight excluding hydrogens is 209 g/mol. The fourth-order valence-corrected chi connectivity index (χ4v) is 1.14. The molecule has 0 spiro atoms. The van der Waals surface area contributed by atoms with Gasteiger partial charge in [-0.15, -0.1) is 0 Å². The Labute approximate surface area is 91.2 Å². The molecule has 16 heavy (non-hydrogen) atoms. The summed E-state index contributed by atoms with van der Waals surface area (Å²) >= 11 is 0. The Bertz CT molecular complexity index is 484. The molecule has 5 heteroatoms. The van der Waals surface area contributed by atoms with Gasteiger partial charge >= 0.3 is 0 Å². The van der Waals surface area contributed by atoms with E-state index in [1.54, 1.807) is 18.3 Å². The van der Waals surface area contributed by atoms with Crippen LogP contribution in [0, 0.1) is 5.82 Å². The Morgan fingerprint density at radius 2 is 2.12 bits per heavy atom. The van der Waals surface area contributed by atoms with Crippen molar-refractivity contribution in [3.8, 4) is 0 Å². The van der Waals surface area contributed by atoms with Crippen LogP contribution in [0.25, 0.3) is 0 Å². The number of aromatic nitrogens is 2. The Morgan fingerprint density at radius 3 is 2.75 bits per heavy atom. The van der Waals surface area contributed by atoms with Crippen molar-refractivity contribution >= 4 is 11.7 Å². The van der Waals surface area contributed by atoms with Crippen molar-refractivity contribution in [1.82, 2.24) is 9.97 Å². The van der Waals surface area contributed by atoms with Crippen molar-refractivity contribution < 1.29 is 9.18 Å². The monoisotopic (exact) mass is 217 g/mol. The second-order valence-corrected chi connectivity index (χ2v) is 3.06. The third-order valence-corrected chi connectivity index (χ3v) is 1.89. The molecule has 0 atom stereocenters. The normalized spacial score (nSPS) is 9.81. The van der Waals surface area contributed by atoms with E-state index in [2.05, 4.69) is 15.3 Å². The highest BCUT2D eigenvalue weighted by Gasteiger charge is 2.05. The van der Waals surface area contributed by atoms with Crippen molar-refractivity contribution in [1.29, 1.82) is 0 Å². The van der Waals surface area contributed by atoms with Gasteiger partial charge in [-0.25, -0.2) is 9.37 Å². The smallest absolute Gasteiger partial charge is 0.258 e. The van der Waals surface area contributed by atoms with Crippen LogP contribution >= 0.6 is 0 Å². The maximum absolute atomic E-state index is 12.6. The molecule has 0 saturated carbocycles. The van der Waals surface area contributed by atoms with E-state index in [4.69, 9.17) is 0 Å². The highest BCUT2D eigenvalue weighted by Crippen LogP contribution is 2.06. The fourth-order valence-electron chi connectivity index (χ4n) is 1.14. The summed E-state index contributed by atoms with van der Waals surface area (Å²) in [5.41, 5.74) is 0.425. The molecule has 2 aromatic rings. The second-order valence-electron chi connectivity index (χ2n) is 3.06. The third kappa shape index (κ3) is 2.38. The minimum absolute atomic E-state index is 0.301. The summed E-state index contributed by atoms with van der Waals surface area (Å²) in [6.07, 6.45) is 4.06. The first-order chi connectivity index (χ1) is 7.75. The quantitative estimate of drug-likeness (QED) is 0.835. The van der Waals surface area contributed by atoms with Crippen molar-refractivity contribution in [3.05, 3.63) is 54.2 Å². The molecule has 0 aromatic carbocycles. The Kier molecular flexibility index (Phi) is 2.86. The number of hydrogen-bond acceptors (Lipinski definition) is 3. The van der Waals surface area contributed by atoms with E-state index in [1.807, 2.05) is 0 Å². The zero-order valence-electron chi connectivity index (χ0n) is 8.22. The summed E-state index contributed by atoms with van der Waals surface area (Å²) in [5.74, 6) is -0.471. The topological polar surface area (TPSA) is 54.9 Å². The van der Waals surface area contributed by atoms with Crippen LogP contribution in [-0.2, 0) is 0 Å². The lowest BCUT2D eigenvalue weighted by atomic mass is 10.3. The van der Waals surface area contributed by atoms with E-state index in [0.717, 1.165) is 6.20 Å². The summed E-state index contributed by atoms with van der Waals surface area (Å²) in [5, 5.41) is 2.53. The second kappa shape index (κ2) is 4.48. The van der Waals surface area contributed by atoms with Gasteiger partial charge in [-0.05, 0) is 24.3 Å². The zero-order valence-corrected chi connectivity index (χ0v) is 8.22.